The Hall–Kier alpha value is -2.31. The summed E-state index contributed by atoms with van der Waals surface area (Å²) in [6, 6.07) is 4.09. The Balaban J connectivity index is 2.72. The largest absolute Gasteiger partial charge is 0.494 e. The Bertz CT molecular complexity index is 538. The van der Waals surface area contributed by atoms with Gasteiger partial charge in [-0.3, -0.25) is 0 Å². The van der Waals surface area contributed by atoms with Crippen LogP contribution < -0.4 is 10.1 Å². The molecule has 0 saturated carbocycles. The Morgan fingerprint density at radius 3 is 2.57 bits per heavy atom. The van der Waals surface area contributed by atoms with E-state index in [9.17, 15) is 9.18 Å². The number of methoxy groups -OCH3 is 1. The van der Waals surface area contributed by atoms with E-state index < -0.39 is 17.5 Å². The average Bonchev–Trinajstić information content (AvgIpc) is 2.37. The average molecular weight is 298 g/mol. The van der Waals surface area contributed by atoms with Crippen molar-refractivity contribution < 1.29 is 23.9 Å². The molecule has 6 nitrogen and oxygen atoms in total. The molecule has 0 bridgehead atoms. The minimum absolute atomic E-state index is 0.0798. The lowest BCUT2D eigenvalue weighted by Crippen LogP contribution is -2.35. The summed E-state index contributed by atoms with van der Waals surface area (Å²) < 4.78 is 23.4. The fraction of sp³-hybridized carbons (Fsp3) is 0.429. The van der Waals surface area contributed by atoms with E-state index in [1.54, 1.807) is 20.8 Å². The number of alkyl carbamates (subject to hydrolysis) is 1. The van der Waals surface area contributed by atoms with Crippen molar-refractivity contribution in [1.82, 2.24) is 5.32 Å². The highest BCUT2D eigenvalue weighted by molar-refractivity contribution is 6.02. The van der Waals surface area contributed by atoms with Crippen molar-refractivity contribution in [2.75, 3.05) is 13.7 Å². The van der Waals surface area contributed by atoms with Gasteiger partial charge >= 0.3 is 6.09 Å². The summed E-state index contributed by atoms with van der Waals surface area (Å²) in [6.07, 6.45) is -0.655. The van der Waals surface area contributed by atoms with Gasteiger partial charge in [0, 0.05) is 5.56 Å². The van der Waals surface area contributed by atoms with Crippen molar-refractivity contribution in [2.45, 2.75) is 26.4 Å². The molecule has 1 rings (SSSR count). The topological polar surface area (TPSA) is 80.2 Å². The molecular formula is C14H19FN2O4. The fourth-order valence-electron chi connectivity index (χ4n) is 1.51. The number of carbonyl (C=O) groups excluding carboxylic acids is 1. The molecule has 1 aromatic carbocycles. The number of hydrogen-bond acceptors (Lipinski definition) is 5. The number of benzene rings is 1. The maximum atomic E-state index is 13.6. The lowest BCUT2D eigenvalue weighted by atomic mass is 10.1. The predicted molar refractivity (Wildman–Crippen MR) is 75.5 cm³/mol. The first-order valence-electron chi connectivity index (χ1n) is 6.28. The first-order chi connectivity index (χ1) is 9.76. The quantitative estimate of drug-likeness (QED) is 0.508. The number of oxime groups is 1. The number of carbonyl (C=O) groups is 1. The van der Waals surface area contributed by atoms with E-state index in [0.29, 0.717) is 5.56 Å². The number of rotatable bonds is 4. The standard InChI is InChI=1S/C14H19FN2O4/c1-14(2,3)21-13(18)16-8-11(17-19)9-5-6-12(20-4)10(15)7-9/h5-7,19H,8H2,1-4H3,(H,16,18). The van der Waals surface area contributed by atoms with Crippen LogP contribution >= 0.6 is 0 Å². The van der Waals surface area contributed by atoms with Crippen LogP contribution in [0.15, 0.2) is 23.4 Å². The molecule has 0 saturated heterocycles. The molecule has 0 aliphatic carbocycles. The highest BCUT2D eigenvalue weighted by Crippen LogP contribution is 2.18. The SMILES string of the molecule is COc1ccc(C(CNC(=O)OC(C)(C)C)=NO)cc1F. The van der Waals surface area contributed by atoms with Gasteiger partial charge in [0.05, 0.1) is 13.7 Å². The van der Waals surface area contributed by atoms with Gasteiger partial charge in [0.25, 0.3) is 0 Å². The molecule has 0 aromatic heterocycles. The summed E-state index contributed by atoms with van der Waals surface area (Å²) in [5.74, 6) is -0.510. The van der Waals surface area contributed by atoms with Gasteiger partial charge in [-0.05, 0) is 39.0 Å². The van der Waals surface area contributed by atoms with Crippen LogP contribution in [0, 0.1) is 5.82 Å². The molecule has 0 aliphatic heterocycles. The highest BCUT2D eigenvalue weighted by Gasteiger charge is 2.17. The molecule has 0 atom stereocenters. The summed E-state index contributed by atoms with van der Waals surface area (Å²) >= 11 is 0. The molecule has 0 unspecified atom stereocenters. The zero-order valence-corrected chi connectivity index (χ0v) is 12.4. The van der Waals surface area contributed by atoms with Crippen molar-refractivity contribution in [3.63, 3.8) is 0 Å². The fourth-order valence-corrected chi connectivity index (χ4v) is 1.51. The smallest absolute Gasteiger partial charge is 0.407 e. The van der Waals surface area contributed by atoms with Gasteiger partial charge < -0.3 is 20.0 Å². The molecule has 2 N–H and O–H groups in total. The Kier molecular flexibility index (Phi) is 5.52. The third-order valence-corrected chi connectivity index (χ3v) is 2.40. The van der Waals surface area contributed by atoms with Crippen molar-refractivity contribution in [1.29, 1.82) is 0 Å². The number of ether oxygens (including phenoxy) is 2. The van der Waals surface area contributed by atoms with Gasteiger partial charge in [-0.15, -0.1) is 0 Å². The van der Waals surface area contributed by atoms with E-state index in [4.69, 9.17) is 14.7 Å². The van der Waals surface area contributed by atoms with Crippen molar-refractivity contribution in [3.8, 4) is 5.75 Å². The summed E-state index contributed by atoms with van der Waals surface area (Å²) in [5, 5.41) is 14.5. The van der Waals surface area contributed by atoms with E-state index >= 15 is 0 Å². The number of nitrogens with one attached hydrogen (secondary N) is 1. The molecule has 0 spiro atoms. The zero-order valence-electron chi connectivity index (χ0n) is 12.4. The van der Waals surface area contributed by atoms with Gasteiger partial charge in [0.15, 0.2) is 11.6 Å². The van der Waals surface area contributed by atoms with Crippen LogP contribution in [-0.4, -0.2) is 36.3 Å². The van der Waals surface area contributed by atoms with E-state index in [1.807, 2.05) is 0 Å². The van der Waals surface area contributed by atoms with E-state index in [0.717, 1.165) is 6.07 Å². The monoisotopic (exact) mass is 298 g/mol. The minimum Gasteiger partial charge on any atom is -0.494 e. The van der Waals surface area contributed by atoms with Crippen LogP contribution in [0.3, 0.4) is 0 Å². The van der Waals surface area contributed by atoms with Crippen molar-refractivity contribution >= 4 is 11.8 Å². The molecule has 0 heterocycles. The zero-order chi connectivity index (χ0) is 16.0. The second-order valence-corrected chi connectivity index (χ2v) is 5.25. The van der Waals surface area contributed by atoms with Crippen LogP contribution in [0.2, 0.25) is 0 Å². The number of halogens is 1. The molecule has 116 valence electrons. The summed E-state index contributed by atoms with van der Waals surface area (Å²) in [4.78, 5) is 11.5. The summed E-state index contributed by atoms with van der Waals surface area (Å²) in [6.45, 7) is 5.09. The van der Waals surface area contributed by atoms with E-state index in [-0.39, 0.29) is 18.0 Å². The van der Waals surface area contributed by atoms with Crippen LogP contribution in [-0.2, 0) is 4.74 Å². The third kappa shape index (κ3) is 5.29. The second kappa shape index (κ2) is 6.92. The van der Waals surface area contributed by atoms with Crippen LogP contribution in [0.25, 0.3) is 0 Å². The molecule has 1 aromatic rings. The van der Waals surface area contributed by atoms with Crippen molar-refractivity contribution in [2.24, 2.45) is 5.16 Å². The lowest BCUT2D eigenvalue weighted by Gasteiger charge is -2.19. The van der Waals surface area contributed by atoms with Gasteiger partial charge in [-0.1, -0.05) is 5.16 Å². The van der Waals surface area contributed by atoms with E-state index in [1.165, 1.54) is 19.2 Å². The normalized spacial score (nSPS) is 12.0. The molecule has 0 fully saturated rings. The van der Waals surface area contributed by atoms with Crippen LogP contribution in [0.5, 0.6) is 5.75 Å². The maximum Gasteiger partial charge on any atom is 0.407 e. The number of nitrogens with zero attached hydrogens (tertiary/aromatic N) is 1. The Labute approximate surface area is 122 Å². The second-order valence-electron chi connectivity index (χ2n) is 5.25. The first-order valence-corrected chi connectivity index (χ1v) is 6.28. The Morgan fingerprint density at radius 2 is 2.10 bits per heavy atom. The third-order valence-electron chi connectivity index (χ3n) is 2.40. The molecule has 21 heavy (non-hydrogen) atoms. The first kappa shape index (κ1) is 16.7. The number of amides is 1. The van der Waals surface area contributed by atoms with Crippen LogP contribution in [0.1, 0.15) is 26.3 Å². The van der Waals surface area contributed by atoms with Gasteiger partial charge in [-0.2, -0.15) is 0 Å². The van der Waals surface area contributed by atoms with Gasteiger partial charge in [0.2, 0.25) is 0 Å². The molecule has 1 amide bonds. The van der Waals surface area contributed by atoms with Crippen molar-refractivity contribution in [3.05, 3.63) is 29.6 Å². The summed E-state index contributed by atoms with van der Waals surface area (Å²) in [7, 11) is 1.35. The van der Waals surface area contributed by atoms with E-state index in [2.05, 4.69) is 10.5 Å². The molecule has 7 heteroatoms. The molecular weight excluding hydrogens is 279 g/mol. The van der Waals surface area contributed by atoms with Gasteiger partial charge in [-0.25, -0.2) is 9.18 Å². The predicted octanol–water partition coefficient (Wildman–Crippen LogP) is 2.54. The Morgan fingerprint density at radius 1 is 1.43 bits per heavy atom. The number of hydrogen-bond donors (Lipinski definition) is 2. The van der Waals surface area contributed by atoms with Crippen LogP contribution in [0.4, 0.5) is 9.18 Å². The highest BCUT2D eigenvalue weighted by atomic mass is 19.1. The molecule has 0 radical (unpaired) electrons. The van der Waals surface area contributed by atoms with Gasteiger partial charge in [0.1, 0.15) is 11.3 Å². The maximum absolute atomic E-state index is 13.6. The molecule has 0 aliphatic rings. The lowest BCUT2D eigenvalue weighted by molar-refractivity contribution is 0.0536. The summed E-state index contributed by atoms with van der Waals surface area (Å²) in [5.41, 5.74) is -0.207. The minimum atomic E-state index is -0.655.